The highest BCUT2D eigenvalue weighted by Crippen LogP contribution is 2.20. The minimum Gasteiger partial charge on any atom is -0.501 e. The van der Waals surface area contributed by atoms with Crippen LogP contribution in [0.2, 0.25) is 0 Å². The van der Waals surface area contributed by atoms with Gasteiger partial charge < -0.3 is 14.7 Å². The minimum absolute atomic E-state index is 0.0819. The van der Waals surface area contributed by atoms with Gasteiger partial charge in [0.2, 0.25) is 11.6 Å². The first-order chi connectivity index (χ1) is 14.4. The SMILES string of the molecule is COc1ccc(-n2c(=O)c(O)c3n(c2=O)CCN(Cc2ccc(F)cc2)C3=O)cn1. The molecule has 4 rings (SSSR count). The fourth-order valence-corrected chi connectivity index (χ4v) is 3.35. The Balaban J connectivity index is 1.74. The van der Waals surface area contributed by atoms with Crippen LogP contribution in [0.4, 0.5) is 4.39 Å². The molecular formula is C20H17FN4O5. The van der Waals surface area contributed by atoms with Crippen LogP contribution in [0.5, 0.6) is 11.6 Å². The van der Waals surface area contributed by atoms with Gasteiger partial charge in [0.25, 0.3) is 5.91 Å². The molecule has 0 aliphatic carbocycles. The molecule has 0 bridgehead atoms. The zero-order chi connectivity index (χ0) is 21.4. The van der Waals surface area contributed by atoms with Crippen LogP contribution in [0.25, 0.3) is 5.69 Å². The molecule has 1 aliphatic rings. The molecule has 9 nitrogen and oxygen atoms in total. The fourth-order valence-electron chi connectivity index (χ4n) is 3.35. The second-order valence-electron chi connectivity index (χ2n) is 6.68. The lowest BCUT2D eigenvalue weighted by molar-refractivity contribution is 0.0678. The molecule has 154 valence electrons. The van der Waals surface area contributed by atoms with Crippen molar-refractivity contribution in [1.82, 2.24) is 19.0 Å². The van der Waals surface area contributed by atoms with Gasteiger partial charge in [-0.05, 0) is 23.8 Å². The molecule has 2 aromatic heterocycles. The maximum absolute atomic E-state index is 13.1. The maximum Gasteiger partial charge on any atom is 0.336 e. The summed E-state index contributed by atoms with van der Waals surface area (Å²) in [7, 11) is 1.43. The summed E-state index contributed by atoms with van der Waals surface area (Å²) in [5.41, 5.74) is -1.32. The largest absolute Gasteiger partial charge is 0.501 e. The van der Waals surface area contributed by atoms with Crippen molar-refractivity contribution in [3.8, 4) is 17.3 Å². The average Bonchev–Trinajstić information content (AvgIpc) is 2.75. The number of methoxy groups -OCH3 is 1. The highest BCUT2D eigenvalue weighted by molar-refractivity contribution is 5.95. The van der Waals surface area contributed by atoms with Crippen molar-refractivity contribution < 1.29 is 19.0 Å². The predicted molar refractivity (Wildman–Crippen MR) is 103 cm³/mol. The van der Waals surface area contributed by atoms with Crippen LogP contribution in [0, 0.1) is 5.82 Å². The zero-order valence-electron chi connectivity index (χ0n) is 15.9. The minimum atomic E-state index is -1.02. The van der Waals surface area contributed by atoms with E-state index in [0.29, 0.717) is 11.4 Å². The molecule has 10 heteroatoms. The number of nitrogens with zero attached hydrogens (tertiary/aromatic N) is 4. The summed E-state index contributed by atoms with van der Waals surface area (Å²) < 4.78 is 19.9. The molecule has 30 heavy (non-hydrogen) atoms. The molecule has 0 unspecified atom stereocenters. The Morgan fingerprint density at radius 2 is 1.83 bits per heavy atom. The number of pyridine rings is 1. The highest BCUT2D eigenvalue weighted by atomic mass is 19.1. The molecule has 1 N–H and O–H groups in total. The lowest BCUT2D eigenvalue weighted by atomic mass is 10.1. The lowest BCUT2D eigenvalue weighted by Gasteiger charge is -2.30. The first-order valence-corrected chi connectivity index (χ1v) is 9.03. The van der Waals surface area contributed by atoms with Crippen LogP contribution in [0.1, 0.15) is 16.1 Å². The summed E-state index contributed by atoms with van der Waals surface area (Å²) in [5, 5.41) is 10.5. The van der Waals surface area contributed by atoms with E-state index in [1.807, 2.05) is 0 Å². The molecule has 3 heterocycles. The van der Waals surface area contributed by atoms with Crippen molar-refractivity contribution in [3.63, 3.8) is 0 Å². The van der Waals surface area contributed by atoms with E-state index >= 15 is 0 Å². The van der Waals surface area contributed by atoms with E-state index in [4.69, 9.17) is 4.74 Å². The van der Waals surface area contributed by atoms with Gasteiger partial charge >= 0.3 is 11.2 Å². The van der Waals surface area contributed by atoms with Gasteiger partial charge in [-0.3, -0.25) is 14.2 Å². The van der Waals surface area contributed by atoms with Crippen molar-refractivity contribution in [2.45, 2.75) is 13.1 Å². The van der Waals surface area contributed by atoms with Crippen LogP contribution >= 0.6 is 0 Å². The zero-order valence-corrected chi connectivity index (χ0v) is 15.9. The molecule has 0 saturated carbocycles. The Bertz CT molecular complexity index is 1230. The Morgan fingerprint density at radius 1 is 1.10 bits per heavy atom. The van der Waals surface area contributed by atoms with Crippen molar-refractivity contribution in [2.24, 2.45) is 0 Å². The second-order valence-corrected chi connectivity index (χ2v) is 6.68. The summed E-state index contributed by atoms with van der Waals surface area (Å²) in [6.45, 7) is 0.415. The van der Waals surface area contributed by atoms with Crippen molar-refractivity contribution in [2.75, 3.05) is 13.7 Å². The van der Waals surface area contributed by atoms with E-state index in [9.17, 15) is 23.9 Å². The first kappa shape index (κ1) is 19.4. The quantitative estimate of drug-likeness (QED) is 0.683. The molecule has 0 fully saturated rings. The first-order valence-electron chi connectivity index (χ1n) is 9.03. The summed E-state index contributed by atoms with van der Waals surface area (Å²) in [6.07, 6.45) is 1.26. The summed E-state index contributed by atoms with van der Waals surface area (Å²) in [4.78, 5) is 43.9. The topological polar surface area (TPSA) is 107 Å². The predicted octanol–water partition coefficient (Wildman–Crippen LogP) is 0.903. The van der Waals surface area contributed by atoms with E-state index in [-0.39, 0.29) is 31.0 Å². The summed E-state index contributed by atoms with van der Waals surface area (Å²) >= 11 is 0. The number of hydrogen-bond acceptors (Lipinski definition) is 6. The highest BCUT2D eigenvalue weighted by Gasteiger charge is 2.32. The van der Waals surface area contributed by atoms with Gasteiger partial charge in [-0.1, -0.05) is 12.1 Å². The number of benzene rings is 1. The number of aromatic hydroxyl groups is 1. The van der Waals surface area contributed by atoms with Gasteiger partial charge in [0.05, 0.1) is 19.0 Å². The van der Waals surface area contributed by atoms with Crippen LogP contribution < -0.4 is 16.0 Å². The summed E-state index contributed by atoms with van der Waals surface area (Å²) in [5.74, 6) is -1.58. The fraction of sp³-hybridized carbons (Fsp3) is 0.200. The molecule has 3 aromatic rings. The normalized spacial score (nSPS) is 13.3. The number of amides is 1. The molecule has 0 spiro atoms. The number of carbonyl (C=O) groups excluding carboxylic acids is 1. The third-order valence-electron chi connectivity index (χ3n) is 4.88. The van der Waals surface area contributed by atoms with E-state index < -0.39 is 28.7 Å². The summed E-state index contributed by atoms with van der Waals surface area (Å²) in [6, 6.07) is 8.56. The van der Waals surface area contributed by atoms with E-state index in [1.54, 1.807) is 12.1 Å². The van der Waals surface area contributed by atoms with E-state index in [1.165, 1.54) is 42.5 Å². The lowest BCUT2D eigenvalue weighted by Crippen LogP contribution is -2.49. The van der Waals surface area contributed by atoms with E-state index in [0.717, 1.165) is 9.13 Å². The van der Waals surface area contributed by atoms with Gasteiger partial charge in [0, 0.05) is 25.7 Å². The molecule has 0 atom stereocenters. The standard InChI is InChI=1S/C20H17FN4O5/c1-30-15-7-6-14(10-22-15)25-19(28)17(26)16-18(27)23(8-9-24(16)20(25)29)11-12-2-4-13(21)5-3-12/h2-7,10,26H,8-9,11H2,1H3. The van der Waals surface area contributed by atoms with Crippen LogP contribution in [0.15, 0.2) is 52.2 Å². The van der Waals surface area contributed by atoms with Gasteiger partial charge in [0.1, 0.15) is 5.82 Å². The Kier molecular flexibility index (Phi) is 4.82. The third-order valence-corrected chi connectivity index (χ3v) is 4.88. The molecule has 1 aromatic carbocycles. The average molecular weight is 412 g/mol. The molecular weight excluding hydrogens is 395 g/mol. The van der Waals surface area contributed by atoms with Crippen molar-refractivity contribution in [1.29, 1.82) is 0 Å². The number of carbonyl (C=O) groups is 1. The third kappa shape index (κ3) is 3.21. The van der Waals surface area contributed by atoms with Gasteiger partial charge in [-0.2, -0.15) is 0 Å². The number of halogens is 1. The maximum atomic E-state index is 13.1. The van der Waals surface area contributed by atoms with Crippen LogP contribution in [-0.2, 0) is 13.1 Å². The molecule has 0 radical (unpaired) electrons. The Hall–Kier alpha value is -3.95. The molecule has 1 aliphatic heterocycles. The monoisotopic (exact) mass is 412 g/mol. The van der Waals surface area contributed by atoms with E-state index in [2.05, 4.69) is 4.98 Å². The van der Waals surface area contributed by atoms with Gasteiger partial charge in [0.15, 0.2) is 5.69 Å². The van der Waals surface area contributed by atoms with Crippen molar-refractivity contribution >= 4 is 5.91 Å². The number of hydrogen-bond donors (Lipinski definition) is 1. The van der Waals surface area contributed by atoms with Gasteiger partial charge in [-0.25, -0.2) is 18.7 Å². The number of fused-ring (bicyclic) bond motifs is 1. The Morgan fingerprint density at radius 3 is 2.47 bits per heavy atom. The molecule has 1 amide bonds. The molecule has 0 saturated heterocycles. The second kappa shape index (κ2) is 7.47. The van der Waals surface area contributed by atoms with Crippen molar-refractivity contribution in [3.05, 3.63) is 80.5 Å². The number of ether oxygens (including phenoxy) is 1. The van der Waals surface area contributed by atoms with Gasteiger partial charge in [-0.15, -0.1) is 0 Å². The number of aromatic nitrogens is 3. The smallest absolute Gasteiger partial charge is 0.336 e. The van der Waals surface area contributed by atoms with Crippen LogP contribution in [0.3, 0.4) is 0 Å². The van der Waals surface area contributed by atoms with Crippen LogP contribution in [-0.4, -0.2) is 43.7 Å². The Labute approximate surface area is 169 Å². The number of rotatable bonds is 4.